The number of aromatic amines is 1. The number of allylic oxidation sites excluding steroid dienone is 2. The summed E-state index contributed by atoms with van der Waals surface area (Å²) in [6, 6.07) is 14.4. The number of benzene rings is 1. The molecule has 0 bridgehead atoms. The Morgan fingerprint density at radius 2 is 1.95 bits per heavy atom. The summed E-state index contributed by atoms with van der Waals surface area (Å²) in [6.45, 7) is 0. The monoisotopic (exact) mass is 307 g/mol. The lowest BCUT2D eigenvalue weighted by atomic mass is 10.1. The third kappa shape index (κ3) is 2.53. The van der Waals surface area contributed by atoms with Crippen LogP contribution in [0, 0.1) is 0 Å². The van der Waals surface area contributed by atoms with E-state index in [0.29, 0.717) is 0 Å². The van der Waals surface area contributed by atoms with Gasteiger partial charge in [0, 0.05) is 16.7 Å². The highest BCUT2D eigenvalue weighted by Crippen LogP contribution is 2.43. The third-order valence-electron chi connectivity index (χ3n) is 3.98. The molecular weight excluding hydrogens is 290 g/mol. The number of rotatable bonds is 4. The Labute approximate surface area is 134 Å². The maximum atomic E-state index is 5.54. The van der Waals surface area contributed by atoms with Crippen LogP contribution in [0.4, 0.5) is 0 Å². The summed E-state index contributed by atoms with van der Waals surface area (Å²) in [4.78, 5) is 4.74. The minimum atomic E-state index is 0.927. The van der Waals surface area contributed by atoms with Crippen molar-refractivity contribution in [3.63, 3.8) is 0 Å². The molecule has 0 aliphatic heterocycles. The molecule has 0 saturated carbocycles. The zero-order chi connectivity index (χ0) is 14.8. The van der Waals surface area contributed by atoms with Gasteiger partial charge in [-0.1, -0.05) is 36.4 Å². The molecule has 0 amide bonds. The number of hydrogen-bond acceptors (Lipinski definition) is 2. The van der Waals surface area contributed by atoms with Crippen LogP contribution in [0.15, 0.2) is 75.4 Å². The fraction of sp³-hybridized carbons (Fsp3) is 0.158. The van der Waals surface area contributed by atoms with Crippen LogP contribution in [-0.4, -0.2) is 4.98 Å². The Balaban J connectivity index is 1.81. The summed E-state index contributed by atoms with van der Waals surface area (Å²) >= 11 is 1.70. The van der Waals surface area contributed by atoms with Gasteiger partial charge < -0.3 is 9.40 Å². The smallest absolute Gasteiger partial charge is 0.164 e. The summed E-state index contributed by atoms with van der Waals surface area (Å²) in [7, 11) is 0. The van der Waals surface area contributed by atoms with Gasteiger partial charge in [-0.3, -0.25) is 0 Å². The molecule has 0 unspecified atom stereocenters. The van der Waals surface area contributed by atoms with Crippen LogP contribution in [-0.2, 0) is 0 Å². The summed E-state index contributed by atoms with van der Waals surface area (Å²) < 4.78 is 5.54. The van der Waals surface area contributed by atoms with Crippen molar-refractivity contribution >= 4 is 17.3 Å². The molecule has 0 atom stereocenters. The molecule has 2 aromatic heterocycles. The Morgan fingerprint density at radius 1 is 1.05 bits per heavy atom. The lowest BCUT2D eigenvalue weighted by Crippen LogP contribution is -1.83. The van der Waals surface area contributed by atoms with Crippen LogP contribution in [0.25, 0.3) is 16.8 Å². The first-order valence-corrected chi connectivity index (χ1v) is 8.41. The SMILES string of the molecule is C1=C(c2c[nH]c(-c3ccccc3)c2Sc2ccco2)CCC1. The van der Waals surface area contributed by atoms with E-state index >= 15 is 0 Å². The highest BCUT2D eigenvalue weighted by molar-refractivity contribution is 7.99. The minimum Gasteiger partial charge on any atom is -0.458 e. The van der Waals surface area contributed by atoms with Crippen LogP contribution < -0.4 is 0 Å². The molecule has 1 aliphatic carbocycles. The van der Waals surface area contributed by atoms with E-state index in [0.717, 1.165) is 11.5 Å². The molecule has 3 aromatic rings. The van der Waals surface area contributed by atoms with Gasteiger partial charge in [0.15, 0.2) is 5.09 Å². The number of furan rings is 1. The molecular formula is C19H17NOS. The van der Waals surface area contributed by atoms with Crippen LogP contribution in [0.3, 0.4) is 0 Å². The van der Waals surface area contributed by atoms with Crippen LogP contribution in [0.5, 0.6) is 0 Å². The van der Waals surface area contributed by atoms with Crippen molar-refractivity contribution in [2.75, 3.05) is 0 Å². The molecule has 2 heterocycles. The zero-order valence-electron chi connectivity index (χ0n) is 12.2. The fourth-order valence-electron chi connectivity index (χ4n) is 2.91. The van der Waals surface area contributed by atoms with Gasteiger partial charge in [0.25, 0.3) is 0 Å². The minimum absolute atomic E-state index is 0.927. The van der Waals surface area contributed by atoms with Crippen molar-refractivity contribution in [1.29, 1.82) is 0 Å². The largest absolute Gasteiger partial charge is 0.458 e. The standard InChI is InChI=1S/C19H17NOS/c1-2-9-15(10-3-1)18-19(22-17-11-6-12-21-17)16(13-20-18)14-7-4-5-8-14/h1-3,6-7,9-13,20H,4-5,8H2. The topological polar surface area (TPSA) is 28.9 Å². The predicted molar refractivity (Wildman–Crippen MR) is 90.9 cm³/mol. The van der Waals surface area contributed by atoms with E-state index in [9.17, 15) is 0 Å². The molecule has 3 heteroatoms. The fourth-order valence-corrected chi connectivity index (χ4v) is 3.94. The van der Waals surface area contributed by atoms with Crippen molar-refractivity contribution in [1.82, 2.24) is 4.98 Å². The second kappa shape index (κ2) is 5.93. The number of H-pyrrole nitrogens is 1. The molecule has 1 aliphatic rings. The lowest BCUT2D eigenvalue weighted by molar-refractivity contribution is 0.474. The van der Waals surface area contributed by atoms with Gasteiger partial charge in [0.2, 0.25) is 0 Å². The summed E-state index contributed by atoms with van der Waals surface area (Å²) in [5.74, 6) is 0. The number of hydrogen-bond donors (Lipinski definition) is 1. The lowest BCUT2D eigenvalue weighted by Gasteiger charge is -2.07. The molecule has 1 N–H and O–H groups in total. The van der Waals surface area contributed by atoms with E-state index in [1.54, 1.807) is 18.0 Å². The first-order chi connectivity index (χ1) is 10.9. The molecule has 4 rings (SSSR count). The van der Waals surface area contributed by atoms with E-state index in [4.69, 9.17) is 4.42 Å². The quantitative estimate of drug-likeness (QED) is 0.641. The maximum Gasteiger partial charge on any atom is 0.164 e. The van der Waals surface area contributed by atoms with Crippen LogP contribution in [0.2, 0.25) is 0 Å². The Morgan fingerprint density at radius 3 is 2.68 bits per heavy atom. The van der Waals surface area contributed by atoms with E-state index in [1.807, 2.05) is 18.2 Å². The number of nitrogens with one attached hydrogen (secondary N) is 1. The predicted octanol–water partition coefficient (Wildman–Crippen LogP) is 5.99. The van der Waals surface area contributed by atoms with Crippen molar-refractivity contribution in [2.24, 2.45) is 0 Å². The molecule has 22 heavy (non-hydrogen) atoms. The van der Waals surface area contributed by atoms with Gasteiger partial charge in [0.05, 0.1) is 12.0 Å². The van der Waals surface area contributed by atoms with Crippen molar-refractivity contribution < 1.29 is 4.42 Å². The maximum absolute atomic E-state index is 5.54. The van der Waals surface area contributed by atoms with Crippen molar-refractivity contribution in [2.45, 2.75) is 29.3 Å². The highest BCUT2D eigenvalue weighted by Gasteiger charge is 2.19. The molecule has 110 valence electrons. The second-order valence-corrected chi connectivity index (χ2v) is 6.44. The average molecular weight is 307 g/mol. The zero-order valence-corrected chi connectivity index (χ0v) is 13.0. The summed E-state index contributed by atoms with van der Waals surface area (Å²) in [5.41, 5.74) is 5.15. The van der Waals surface area contributed by atoms with Crippen molar-refractivity contribution in [3.8, 4) is 11.3 Å². The van der Waals surface area contributed by atoms with E-state index in [2.05, 4.69) is 41.5 Å². The van der Waals surface area contributed by atoms with Gasteiger partial charge in [-0.25, -0.2) is 0 Å². The van der Waals surface area contributed by atoms with Crippen LogP contribution >= 0.6 is 11.8 Å². The van der Waals surface area contributed by atoms with Crippen molar-refractivity contribution in [3.05, 3.63) is 66.6 Å². The Kier molecular flexibility index (Phi) is 3.65. The van der Waals surface area contributed by atoms with Gasteiger partial charge in [0.1, 0.15) is 0 Å². The van der Waals surface area contributed by atoms with Gasteiger partial charge in [-0.2, -0.15) is 0 Å². The highest BCUT2D eigenvalue weighted by atomic mass is 32.2. The molecule has 0 spiro atoms. The van der Waals surface area contributed by atoms with Gasteiger partial charge in [-0.05, 0) is 54.3 Å². The Hall–Kier alpha value is -2.13. The third-order valence-corrected chi connectivity index (χ3v) is 5.04. The molecule has 0 radical (unpaired) electrons. The van der Waals surface area contributed by atoms with E-state index in [1.165, 1.54) is 40.1 Å². The van der Waals surface area contributed by atoms with E-state index in [-0.39, 0.29) is 0 Å². The first-order valence-electron chi connectivity index (χ1n) is 7.59. The van der Waals surface area contributed by atoms with Gasteiger partial charge >= 0.3 is 0 Å². The Bertz CT molecular complexity index is 784. The normalized spacial score (nSPS) is 14.3. The van der Waals surface area contributed by atoms with Crippen LogP contribution in [0.1, 0.15) is 24.8 Å². The molecule has 1 aromatic carbocycles. The summed E-state index contributed by atoms with van der Waals surface area (Å²) in [5, 5.41) is 0.927. The average Bonchev–Trinajstić information content (AvgIpc) is 3.30. The second-order valence-electron chi connectivity index (χ2n) is 5.43. The molecule has 0 saturated heterocycles. The first kappa shape index (κ1) is 13.5. The molecule has 0 fully saturated rings. The summed E-state index contributed by atoms with van der Waals surface area (Å²) in [6.07, 6.45) is 9.84. The number of aromatic nitrogens is 1. The van der Waals surface area contributed by atoms with E-state index < -0.39 is 0 Å². The molecule has 2 nitrogen and oxygen atoms in total. The van der Waals surface area contributed by atoms with Gasteiger partial charge in [-0.15, -0.1) is 0 Å².